The van der Waals surface area contributed by atoms with E-state index in [1.54, 1.807) is 12.1 Å². The van der Waals surface area contributed by atoms with Gasteiger partial charge in [-0.3, -0.25) is 10.1 Å². The number of carbonyl (C=O) groups excluding carboxylic acids is 2. The average molecular weight is 358 g/mol. The molecule has 1 aromatic heterocycles. The Labute approximate surface area is 151 Å². The first-order chi connectivity index (χ1) is 12.1. The first kappa shape index (κ1) is 17.4. The van der Waals surface area contributed by atoms with Gasteiger partial charge in [0.05, 0.1) is 9.88 Å². The number of urea groups is 1. The summed E-state index contributed by atoms with van der Waals surface area (Å²) in [5, 5.41) is 6.15. The maximum Gasteiger partial charge on any atom is 0.324 e. The van der Waals surface area contributed by atoms with Crippen LogP contribution in [0.25, 0.3) is 0 Å². The van der Waals surface area contributed by atoms with E-state index in [9.17, 15) is 9.59 Å². The second-order valence-corrected chi connectivity index (χ2v) is 7.34. The molecule has 1 aromatic carbocycles. The number of para-hydroxylation sites is 1. The summed E-state index contributed by atoms with van der Waals surface area (Å²) < 4.78 is 0. The number of hydrogen-bond acceptors (Lipinski definition) is 4. The highest BCUT2D eigenvalue weighted by Gasteiger charge is 2.32. The predicted molar refractivity (Wildman–Crippen MR) is 101 cm³/mol. The molecule has 0 bridgehead atoms. The molecule has 4 N–H and O–H groups in total. The van der Waals surface area contributed by atoms with Crippen molar-refractivity contribution in [2.75, 3.05) is 23.7 Å². The van der Waals surface area contributed by atoms with Gasteiger partial charge in [-0.25, -0.2) is 4.79 Å². The van der Waals surface area contributed by atoms with Crippen molar-refractivity contribution in [1.29, 1.82) is 0 Å². The van der Waals surface area contributed by atoms with Gasteiger partial charge in [0, 0.05) is 18.3 Å². The molecule has 6 nitrogen and oxygen atoms in total. The van der Waals surface area contributed by atoms with E-state index in [-0.39, 0.29) is 18.0 Å². The van der Waals surface area contributed by atoms with Gasteiger partial charge in [-0.15, -0.1) is 11.3 Å². The Kier molecular flexibility index (Phi) is 5.35. The lowest BCUT2D eigenvalue weighted by Gasteiger charge is -2.20. The molecule has 0 aliphatic carbocycles. The molecule has 1 saturated heterocycles. The van der Waals surface area contributed by atoms with Crippen molar-refractivity contribution in [1.82, 2.24) is 4.90 Å². The Morgan fingerprint density at radius 3 is 2.64 bits per heavy atom. The average Bonchev–Trinajstić information content (AvgIpc) is 3.21. The molecular weight excluding hydrogens is 336 g/mol. The molecule has 132 valence electrons. The monoisotopic (exact) mass is 358 g/mol. The summed E-state index contributed by atoms with van der Waals surface area (Å²) >= 11 is 1.28. The van der Waals surface area contributed by atoms with Crippen LogP contribution in [0.2, 0.25) is 0 Å². The van der Waals surface area contributed by atoms with E-state index in [0.717, 1.165) is 6.42 Å². The highest BCUT2D eigenvalue weighted by molar-refractivity contribution is 7.18. The Balaban J connectivity index is 1.60. The predicted octanol–water partition coefficient (Wildman–Crippen LogP) is 3.20. The molecule has 3 rings (SSSR count). The van der Waals surface area contributed by atoms with Gasteiger partial charge >= 0.3 is 6.03 Å². The van der Waals surface area contributed by atoms with Gasteiger partial charge in [-0.2, -0.15) is 0 Å². The summed E-state index contributed by atoms with van der Waals surface area (Å²) in [5.74, 6) is 0.373. The lowest BCUT2D eigenvalue weighted by Crippen LogP contribution is -2.33. The van der Waals surface area contributed by atoms with Crippen molar-refractivity contribution in [2.24, 2.45) is 11.7 Å². The molecule has 1 aliphatic heterocycles. The molecular formula is C18H22N4O2S. The van der Waals surface area contributed by atoms with Crippen LogP contribution in [0.3, 0.4) is 0 Å². The number of thiophene rings is 1. The van der Waals surface area contributed by atoms with Gasteiger partial charge < -0.3 is 16.0 Å². The largest absolute Gasteiger partial charge is 0.335 e. The zero-order valence-electron chi connectivity index (χ0n) is 14.1. The molecule has 0 radical (unpaired) electrons. The standard InChI is InChI=1S/C18H22N4O2S/c1-12-9-13(10-19)11-22(12)17(23)15-7-8-16(25-15)21-18(24)20-14-5-3-2-4-6-14/h2-8,12-13H,9-11,19H2,1H3,(H2,20,21,24). The van der Waals surface area contributed by atoms with E-state index in [1.807, 2.05) is 42.2 Å². The quantitative estimate of drug-likeness (QED) is 0.784. The minimum absolute atomic E-state index is 0.00460. The zero-order valence-corrected chi connectivity index (χ0v) is 14.9. The SMILES string of the molecule is CC1CC(CN)CN1C(=O)c1ccc(NC(=O)Nc2ccccc2)s1. The molecule has 1 aliphatic rings. The van der Waals surface area contributed by atoms with Gasteiger partial charge in [-0.1, -0.05) is 18.2 Å². The summed E-state index contributed by atoms with van der Waals surface area (Å²) in [7, 11) is 0. The van der Waals surface area contributed by atoms with Gasteiger partial charge in [0.1, 0.15) is 0 Å². The van der Waals surface area contributed by atoms with Crippen molar-refractivity contribution < 1.29 is 9.59 Å². The number of hydrogen-bond donors (Lipinski definition) is 3. The van der Waals surface area contributed by atoms with Crippen molar-refractivity contribution in [2.45, 2.75) is 19.4 Å². The number of likely N-dealkylation sites (tertiary alicyclic amines) is 1. The molecule has 2 atom stereocenters. The number of nitrogens with two attached hydrogens (primary N) is 1. The van der Waals surface area contributed by atoms with Gasteiger partial charge in [0.15, 0.2) is 0 Å². The van der Waals surface area contributed by atoms with Crippen LogP contribution in [-0.4, -0.2) is 36.0 Å². The Morgan fingerprint density at radius 2 is 1.96 bits per heavy atom. The third kappa shape index (κ3) is 4.18. The van der Waals surface area contributed by atoms with E-state index < -0.39 is 0 Å². The lowest BCUT2D eigenvalue weighted by molar-refractivity contribution is 0.0748. The first-order valence-corrected chi connectivity index (χ1v) is 9.12. The van der Waals surface area contributed by atoms with Crippen molar-refractivity contribution in [3.63, 3.8) is 0 Å². The van der Waals surface area contributed by atoms with E-state index >= 15 is 0 Å². The number of nitrogens with zero attached hydrogens (tertiary/aromatic N) is 1. The highest BCUT2D eigenvalue weighted by atomic mass is 32.1. The van der Waals surface area contributed by atoms with Crippen molar-refractivity contribution in [3.05, 3.63) is 47.3 Å². The fourth-order valence-corrected chi connectivity index (χ4v) is 3.91. The van der Waals surface area contributed by atoms with E-state index in [1.165, 1.54) is 11.3 Å². The number of benzene rings is 1. The van der Waals surface area contributed by atoms with Crippen LogP contribution in [0.1, 0.15) is 23.0 Å². The smallest absolute Gasteiger partial charge is 0.324 e. The maximum atomic E-state index is 12.7. The molecule has 0 saturated carbocycles. The first-order valence-electron chi connectivity index (χ1n) is 8.30. The molecule has 2 unspecified atom stereocenters. The van der Waals surface area contributed by atoms with Gasteiger partial charge in [0.25, 0.3) is 5.91 Å². The molecule has 3 amide bonds. The van der Waals surface area contributed by atoms with Gasteiger partial charge in [-0.05, 0) is 50.1 Å². The van der Waals surface area contributed by atoms with Crippen LogP contribution >= 0.6 is 11.3 Å². The molecule has 0 spiro atoms. The van der Waals surface area contributed by atoms with Crippen LogP contribution in [0.5, 0.6) is 0 Å². The molecule has 1 fully saturated rings. The summed E-state index contributed by atoms with van der Waals surface area (Å²) in [4.78, 5) is 27.2. The fourth-order valence-electron chi connectivity index (χ4n) is 3.05. The minimum Gasteiger partial charge on any atom is -0.335 e. The lowest BCUT2D eigenvalue weighted by atomic mass is 10.1. The summed E-state index contributed by atoms with van der Waals surface area (Å²) in [5.41, 5.74) is 6.44. The summed E-state index contributed by atoms with van der Waals surface area (Å²) in [6.45, 7) is 3.35. The van der Waals surface area contributed by atoms with E-state index in [0.29, 0.717) is 34.6 Å². The molecule has 25 heavy (non-hydrogen) atoms. The topological polar surface area (TPSA) is 87.5 Å². The van der Waals surface area contributed by atoms with Crippen LogP contribution in [0.4, 0.5) is 15.5 Å². The van der Waals surface area contributed by atoms with Gasteiger partial charge in [0.2, 0.25) is 0 Å². The van der Waals surface area contributed by atoms with E-state index in [2.05, 4.69) is 10.6 Å². The third-order valence-corrected chi connectivity index (χ3v) is 5.33. The number of amides is 3. The number of anilines is 2. The highest BCUT2D eigenvalue weighted by Crippen LogP contribution is 2.28. The summed E-state index contributed by atoms with van der Waals surface area (Å²) in [6, 6.07) is 12.6. The van der Waals surface area contributed by atoms with Crippen molar-refractivity contribution in [3.8, 4) is 0 Å². The summed E-state index contributed by atoms with van der Waals surface area (Å²) in [6.07, 6.45) is 0.943. The normalized spacial score (nSPS) is 19.7. The van der Waals surface area contributed by atoms with Crippen molar-refractivity contribution >= 4 is 34.0 Å². The molecule has 7 heteroatoms. The van der Waals surface area contributed by atoms with Crippen LogP contribution in [0.15, 0.2) is 42.5 Å². The van der Waals surface area contributed by atoms with Crippen LogP contribution in [-0.2, 0) is 0 Å². The molecule has 2 heterocycles. The maximum absolute atomic E-state index is 12.7. The molecule has 2 aromatic rings. The Bertz CT molecular complexity index is 747. The Morgan fingerprint density at radius 1 is 1.20 bits per heavy atom. The fraction of sp³-hybridized carbons (Fsp3) is 0.333. The number of nitrogens with one attached hydrogen (secondary N) is 2. The van der Waals surface area contributed by atoms with Crippen LogP contribution in [0, 0.1) is 5.92 Å². The third-order valence-electron chi connectivity index (χ3n) is 4.34. The number of rotatable bonds is 4. The minimum atomic E-state index is -0.329. The van der Waals surface area contributed by atoms with E-state index in [4.69, 9.17) is 5.73 Å². The Hall–Kier alpha value is -2.38. The number of carbonyl (C=O) groups is 2. The van der Waals surface area contributed by atoms with Crippen LogP contribution < -0.4 is 16.4 Å². The second-order valence-electron chi connectivity index (χ2n) is 6.25. The zero-order chi connectivity index (χ0) is 17.8. The second kappa shape index (κ2) is 7.67.